The number of rotatable bonds is 28. The van der Waals surface area contributed by atoms with E-state index in [4.69, 9.17) is 16.2 Å². The number of hydrogen-bond donors (Lipinski definition) is 8. The number of carbonyl (C=O) groups is 6. The number of hydrogen-bond acceptors (Lipinski definition) is 11. The quantitative estimate of drug-likeness (QED) is 0.0464. The lowest BCUT2D eigenvalue weighted by atomic mass is 10.1. The van der Waals surface area contributed by atoms with Crippen LogP contribution in [-0.4, -0.2) is 98.9 Å². The van der Waals surface area contributed by atoms with Crippen LogP contribution in [0.15, 0.2) is 33.9 Å². The van der Waals surface area contributed by atoms with E-state index in [0.717, 1.165) is 0 Å². The van der Waals surface area contributed by atoms with Gasteiger partial charge in [-0.3, -0.25) is 42.7 Å². The van der Waals surface area contributed by atoms with Crippen molar-refractivity contribution < 1.29 is 33.5 Å². The van der Waals surface area contributed by atoms with Crippen molar-refractivity contribution in [3.63, 3.8) is 0 Å². The van der Waals surface area contributed by atoms with E-state index in [9.17, 15) is 38.4 Å². The number of fused-ring (bicyclic) bond motifs is 1. The lowest BCUT2D eigenvalue weighted by Gasteiger charge is -2.21. The van der Waals surface area contributed by atoms with Crippen LogP contribution in [0.4, 0.5) is 0 Å². The number of primary amides is 1. The first-order valence-corrected chi connectivity index (χ1v) is 21.0. The Labute approximate surface area is 354 Å². The number of aromatic amines is 1. The predicted molar refractivity (Wildman–Crippen MR) is 229 cm³/mol. The highest BCUT2D eigenvalue weighted by Gasteiger charge is 2.25. The van der Waals surface area contributed by atoms with Gasteiger partial charge in [-0.25, -0.2) is 9.78 Å². The molecular weight excluding hydrogens is 791 g/mol. The highest BCUT2D eigenvalue weighted by Crippen LogP contribution is 2.22. The third-order valence-corrected chi connectivity index (χ3v) is 9.72. The maximum atomic E-state index is 13.1. The Morgan fingerprint density at radius 3 is 1.93 bits per heavy atom. The third kappa shape index (κ3) is 16.2. The van der Waals surface area contributed by atoms with E-state index in [2.05, 4.69) is 36.6 Å². The number of nitrogens with two attached hydrogens (primary N) is 2. The second-order valence-corrected chi connectivity index (χ2v) is 14.9. The molecule has 0 radical (unpaired) electrons. The van der Waals surface area contributed by atoms with Crippen molar-refractivity contribution in [2.75, 3.05) is 26.2 Å². The fourth-order valence-electron chi connectivity index (χ4n) is 6.53. The van der Waals surface area contributed by atoms with Crippen LogP contribution in [-0.2, 0) is 41.9 Å². The number of H-pyrrole nitrogens is 1. The van der Waals surface area contributed by atoms with Gasteiger partial charge in [0.2, 0.25) is 29.5 Å². The zero-order chi connectivity index (χ0) is 44.9. The number of nitrogens with one attached hydrogen (secondary N) is 6. The molecule has 20 nitrogen and oxygen atoms in total. The second kappa shape index (κ2) is 25.5. The Kier molecular flexibility index (Phi) is 20.7. The molecule has 336 valence electrons. The number of nitrogens with zero attached hydrogens (tertiary/aromatic N) is 3. The fourth-order valence-corrected chi connectivity index (χ4v) is 6.53. The number of benzene rings is 1. The fraction of sp³-hybridized carbons (Fsp3) is 0.585. The Bertz CT molecular complexity index is 2060. The SMILES string of the molecule is CCCn1c(=O)c2[nH]c(-c3ccc(OCC(=O)NCCCC[C@H](N)C(=O)NCCCC[C@H](NC(C)=O)C(=O)N[C@@H](CCCCNC(C)=O)C(N)=O)cc3)nc2n(CCC)c1=O. The van der Waals surface area contributed by atoms with Crippen molar-refractivity contribution in [2.24, 2.45) is 11.5 Å². The van der Waals surface area contributed by atoms with Crippen LogP contribution in [0.1, 0.15) is 98.3 Å². The first-order chi connectivity index (χ1) is 29.2. The molecule has 0 aliphatic heterocycles. The smallest absolute Gasteiger partial charge is 0.332 e. The summed E-state index contributed by atoms with van der Waals surface area (Å²) in [7, 11) is 0. The van der Waals surface area contributed by atoms with Gasteiger partial charge in [0.05, 0.1) is 6.04 Å². The second-order valence-electron chi connectivity index (χ2n) is 14.9. The van der Waals surface area contributed by atoms with E-state index in [1.54, 1.807) is 24.3 Å². The van der Waals surface area contributed by atoms with Crippen molar-refractivity contribution in [3.05, 3.63) is 45.1 Å². The van der Waals surface area contributed by atoms with Crippen molar-refractivity contribution in [1.29, 1.82) is 0 Å². The van der Waals surface area contributed by atoms with Crippen LogP contribution in [0.2, 0.25) is 0 Å². The molecule has 0 aliphatic carbocycles. The minimum absolute atomic E-state index is 0.159. The largest absolute Gasteiger partial charge is 0.484 e. The minimum Gasteiger partial charge on any atom is -0.484 e. The summed E-state index contributed by atoms with van der Waals surface area (Å²) in [5.74, 6) is -1.56. The predicted octanol–water partition coefficient (Wildman–Crippen LogP) is 0.434. The van der Waals surface area contributed by atoms with Gasteiger partial charge in [-0.2, -0.15) is 0 Å². The van der Waals surface area contributed by atoms with Gasteiger partial charge in [0.15, 0.2) is 12.3 Å². The summed E-state index contributed by atoms with van der Waals surface area (Å²) in [4.78, 5) is 106. The highest BCUT2D eigenvalue weighted by atomic mass is 16.5. The first-order valence-electron chi connectivity index (χ1n) is 21.0. The van der Waals surface area contributed by atoms with Crippen molar-refractivity contribution in [3.8, 4) is 17.1 Å². The molecular formula is C41H63N11O9. The van der Waals surface area contributed by atoms with Gasteiger partial charge in [-0.15, -0.1) is 0 Å². The van der Waals surface area contributed by atoms with Gasteiger partial charge in [0, 0.05) is 52.1 Å². The molecule has 6 amide bonds. The summed E-state index contributed by atoms with van der Waals surface area (Å²) in [6, 6.07) is 4.29. The molecule has 0 unspecified atom stereocenters. The summed E-state index contributed by atoms with van der Waals surface area (Å²) < 4.78 is 8.40. The molecule has 0 fully saturated rings. The molecule has 10 N–H and O–H groups in total. The Morgan fingerprint density at radius 2 is 1.33 bits per heavy atom. The Hall–Kier alpha value is -6.05. The van der Waals surface area contributed by atoms with Crippen LogP contribution in [0.3, 0.4) is 0 Å². The van der Waals surface area contributed by atoms with Gasteiger partial charge in [0.25, 0.3) is 11.5 Å². The lowest BCUT2D eigenvalue weighted by Crippen LogP contribution is -2.52. The van der Waals surface area contributed by atoms with Crippen LogP contribution in [0.5, 0.6) is 5.75 Å². The van der Waals surface area contributed by atoms with E-state index in [1.807, 2.05) is 13.8 Å². The Morgan fingerprint density at radius 1 is 0.738 bits per heavy atom. The third-order valence-electron chi connectivity index (χ3n) is 9.72. The van der Waals surface area contributed by atoms with Crippen LogP contribution in [0.25, 0.3) is 22.6 Å². The van der Waals surface area contributed by atoms with Crippen molar-refractivity contribution in [2.45, 2.75) is 130 Å². The Balaban J connectivity index is 1.33. The number of aryl methyl sites for hydroxylation is 1. The molecule has 0 spiro atoms. The minimum atomic E-state index is -0.925. The molecule has 0 saturated carbocycles. The summed E-state index contributed by atoms with van der Waals surface area (Å²) in [5.41, 5.74) is 12.0. The van der Waals surface area contributed by atoms with Gasteiger partial charge < -0.3 is 47.8 Å². The highest BCUT2D eigenvalue weighted by molar-refractivity contribution is 5.91. The van der Waals surface area contributed by atoms with E-state index in [0.29, 0.717) is 113 Å². The number of aromatic nitrogens is 4. The van der Waals surface area contributed by atoms with Crippen molar-refractivity contribution >= 4 is 46.6 Å². The molecule has 3 aromatic rings. The molecule has 2 heterocycles. The number of amides is 6. The molecule has 3 rings (SSSR count). The monoisotopic (exact) mass is 853 g/mol. The van der Waals surface area contributed by atoms with Crippen LogP contribution >= 0.6 is 0 Å². The first kappa shape index (κ1) is 49.3. The van der Waals surface area contributed by atoms with E-state index in [-0.39, 0.29) is 48.4 Å². The van der Waals surface area contributed by atoms with E-state index >= 15 is 0 Å². The summed E-state index contributed by atoms with van der Waals surface area (Å²) >= 11 is 0. The van der Waals surface area contributed by atoms with Gasteiger partial charge in [-0.05, 0) is 94.9 Å². The lowest BCUT2D eigenvalue weighted by molar-refractivity contribution is -0.131. The average Bonchev–Trinajstić information content (AvgIpc) is 3.67. The molecule has 0 aliphatic rings. The number of carbonyl (C=O) groups excluding carboxylic acids is 6. The normalized spacial score (nSPS) is 12.5. The number of imidazole rings is 1. The molecule has 2 aromatic heterocycles. The van der Waals surface area contributed by atoms with Gasteiger partial charge >= 0.3 is 5.69 Å². The van der Waals surface area contributed by atoms with Crippen molar-refractivity contribution in [1.82, 2.24) is 45.7 Å². The molecule has 1 aromatic carbocycles. The van der Waals surface area contributed by atoms with E-state index < -0.39 is 41.4 Å². The molecule has 0 saturated heterocycles. The summed E-state index contributed by atoms with van der Waals surface area (Å²) in [6.45, 7) is 8.19. The number of unbranched alkanes of at least 4 members (excludes halogenated alkanes) is 3. The van der Waals surface area contributed by atoms with Gasteiger partial charge in [-0.1, -0.05) is 13.8 Å². The summed E-state index contributed by atoms with van der Waals surface area (Å²) in [6.07, 6.45) is 5.61. The topological polar surface area (TPSA) is 297 Å². The zero-order valence-electron chi connectivity index (χ0n) is 35.7. The molecule has 0 bridgehead atoms. The average molecular weight is 854 g/mol. The molecule has 61 heavy (non-hydrogen) atoms. The maximum Gasteiger partial charge on any atom is 0.332 e. The number of ether oxygens (including phenoxy) is 1. The standard InChI is InChI=1S/C41H63N11O9/c1-5-23-51-37-34(40(59)52(24-6-2)41(51)60)49-36(50-37)28-16-18-29(19-17-28)61-25-33(55)45-21-10-7-13-30(42)38(57)46-22-12-9-15-32(47-27(4)54)39(58)48-31(35(43)56)14-8-11-20-44-26(3)53/h16-19,30-32H,5-15,20-25,42H2,1-4H3,(H2,43,56)(H,44,53)(H,45,55)(H,46,57)(H,47,54)(H,48,58)(H,49,50)/t30-,31-,32-/m0/s1. The molecule has 3 atom stereocenters. The van der Waals surface area contributed by atoms with Crippen LogP contribution in [0, 0.1) is 0 Å². The van der Waals surface area contributed by atoms with Crippen LogP contribution < -0.4 is 54.0 Å². The zero-order valence-corrected chi connectivity index (χ0v) is 35.7. The van der Waals surface area contributed by atoms with Gasteiger partial charge in [0.1, 0.15) is 29.2 Å². The van der Waals surface area contributed by atoms with E-state index in [1.165, 1.54) is 23.0 Å². The molecule has 20 heteroatoms. The summed E-state index contributed by atoms with van der Waals surface area (Å²) in [5, 5.41) is 13.4. The maximum absolute atomic E-state index is 13.1.